The maximum Gasteiger partial charge on any atom is 0.263 e. The lowest BCUT2D eigenvalue weighted by Crippen LogP contribution is -2.38. The third-order valence-electron chi connectivity index (χ3n) is 5.56. The quantitative estimate of drug-likeness (QED) is 0.789. The minimum absolute atomic E-state index is 0.0786. The van der Waals surface area contributed by atoms with E-state index in [0.717, 1.165) is 18.8 Å². The van der Waals surface area contributed by atoms with Crippen molar-refractivity contribution in [1.82, 2.24) is 5.32 Å². The average Bonchev–Trinajstić information content (AvgIpc) is 3.25. The second kappa shape index (κ2) is 7.17. The molecule has 2 saturated carbocycles. The van der Waals surface area contributed by atoms with Gasteiger partial charge in [-0.05, 0) is 61.4 Å². The Hall–Kier alpha value is -2.05. The number of carbonyl (C=O) groups excluding carboxylic acids is 1. The van der Waals surface area contributed by atoms with Crippen LogP contribution in [0.2, 0.25) is 5.02 Å². The van der Waals surface area contributed by atoms with Gasteiger partial charge in [0.15, 0.2) is 0 Å². The van der Waals surface area contributed by atoms with E-state index >= 15 is 0 Å². The molecule has 2 N–H and O–H groups in total. The van der Waals surface area contributed by atoms with E-state index in [1.807, 2.05) is 0 Å². The highest BCUT2D eigenvalue weighted by atomic mass is 35.5. The van der Waals surface area contributed by atoms with Gasteiger partial charge in [0.05, 0.1) is 5.02 Å². The summed E-state index contributed by atoms with van der Waals surface area (Å²) in [6.45, 7) is 0. The molecule has 7 heteroatoms. The molecule has 5 nitrogen and oxygen atoms in total. The topological polar surface area (TPSA) is 75.3 Å². The lowest BCUT2D eigenvalue weighted by molar-refractivity contribution is 0.0922. The first-order valence-electron chi connectivity index (χ1n) is 9.10. The number of para-hydroxylation sites is 1. The fourth-order valence-corrected chi connectivity index (χ4v) is 5.83. The summed E-state index contributed by atoms with van der Waals surface area (Å²) in [5.41, 5.74) is 0.737. The third-order valence-corrected chi connectivity index (χ3v) is 7.43. The van der Waals surface area contributed by atoms with E-state index in [1.54, 1.807) is 36.4 Å². The molecule has 0 spiro atoms. The molecule has 3 atom stereocenters. The lowest BCUT2D eigenvalue weighted by atomic mass is 9.95. The molecular formula is C20H21ClN2O3S. The van der Waals surface area contributed by atoms with Crippen LogP contribution in [0.5, 0.6) is 0 Å². The van der Waals surface area contributed by atoms with Gasteiger partial charge in [-0.1, -0.05) is 36.2 Å². The van der Waals surface area contributed by atoms with Crippen LogP contribution in [0.4, 0.5) is 5.69 Å². The van der Waals surface area contributed by atoms with Gasteiger partial charge in [-0.25, -0.2) is 8.42 Å². The Labute approximate surface area is 164 Å². The molecule has 3 unspecified atom stereocenters. The monoisotopic (exact) mass is 404 g/mol. The summed E-state index contributed by atoms with van der Waals surface area (Å²) < 4.78 is 27.9. The van der Waals surface area contributed by atoms with Crippen molar-refractivity contribution in [3.8, 4) is 0 Å². The van der Waals surface area contributed by atoms with Crippen molar-refractivity contribution in [2.75, 3.05) is 4.72 Å². The number of carbonyl (C=O) groups is 1. The maximum absolute atomic E-state index is 12.7. The summed E-state index contributed by atoms with van der Waals surface area (Å²) in [7, 11) is -3.90. The van der Waals surface area contributed by atoms with Crippen LogP contribution in [0, 0.1) is 11.8 Å². The molecule has 2 aromatic rings. The second-order valence-electron chi connectivity index (χ2n) is 7.37. The van der Waals surface area contributed by atoms with Crippen LogP contribution in [-0.2, 0) is 10.0 Å². The number of sulfonamides is 1. The first-order chi connectivity index (χ1) is 12.9. The summed E-state index contributed by atoms with van der Waals surface area (Å²) in [6.07, 6.45) is 4.62. The van der Waals surface area contributed by atoms with Crippen molar-refractivity contribution in [3.05, 3.63) is 59.1 Å². The zero-order chi connectivity index (χ0) is 19.0. The van der Waals surface area contributed by atoms with Gasteiger partial charge in [0, 0.05) is 17.3 Å². The minimum atomic E-state index is -3.90. The van der Waals surface area contributed by atoms with Crippen LogP contribution >= 0.6 is 11.6 Å². The lowest BCUT2D eigenvalue weighted by Gasteiger charge is -2.23. The van der Waals surface area contributed by atoms with Gasteiger partial charge in [-0.3, -0.25) is 9.52 Å². The van der Waals surface area contributed by atoms with E-state index < -0.39 is 10.0 Å². The van der Waals surface area contributed by atoms with Gasteiger partial charge < -0.3 is 5.32 Å². The van der Waals surface area contributed by atoms with Gasteiger partial charge in [-0.2, -0.15) is 0 Å². The van der Waals surface area contributed by atoms with E-state index in [0.29, 0.717) is 17.2 Å². The Morgan fingerprint density at radius 1 is 1.04 bits per heavy atom. The SMILES string of the molecule is O=C(NC1CC2CCC1C2)c1ccc(Cl)c(S(=O)(=O)Nc2ccccc2)c1. The average molecular weight is 405 g/mol. The number of rotatable bonds is 5. The molecule has 0 radical (unpaired) electrons. The molecule has 0 heterocycles. The number of nitrogens with one attached hydrogen (secondary N) is 2. The van der Waals surface area contributed by atoms with E-state index in [9.17, 15) is 13.2 Å². The summed E-state index contributed by atoms with van der Waals surface area (Å²) >= 11 is 6.12. The molecule has 0 aliphatic heterocycles. The van der Waals surface area contributed by atoms with Crippen molar-refractivity contribution >= 4 is 33.2 Å². The highest BCUT2D eigenvalue weighted by Crippen LogP contribution is 2.44. The predicted molar refractivity (Wildman–Crippen MR) is 105 cm³/mol. The first kappa shape index (κ1) is 18.3. The number of fused-ring (bicyclic) bond motifs is 2. The Balaban J connectivity index is 1.55. The third kappa shape index (κ3) is 3.82. The largest absolute Gasteiger partial charge is 0.349 e. The van der Waals surface area contributed by atoms with Crippen molar-refractivity contribution in [2.24, 2.45) is 11.8 Å². The van der Waals surface area contributed by atoms with E-state index in [2.05, 4.69) is 10.0 Å². The summed E-state index contributed by atoms with van der Waals surface area (Å²) in [6, 6.07) is 13.1. The van der Waals surface area contributed by atoms with E-state index in [4.69, 9.17) is 11.6 Å². The van der Waals surface area contributed by atoms with E-state index in [-0.39, 0.29) is 21.9 Å². The molecule has 142 valence electrons. The molecule has 2 aliphatic carbocycles. The molecule has 2 bridgehead atoms. The minimum Gasteiger partial charge on any atom is -0.349 e. The fraction of sp³-hybridized carbons (Fsp3) is 0.350. The number of amides is 1. The molecule has 4 rings (SSSR count). The van der Waals surface area contributed by atoms with Crippen LogP contribution in [0.3, 0.4) is 0 Å². The van der Waals surface area contributed by atoms with Gasteiger partial charge in [0.2, 0.25) is 0 Å². The van der Waals surface area contributed by atoms with Gasteiger partial charge >= 0.3 is 0 Å². The zero-order valence-electron chi connectivity index (χ0n) is 14.7. The Bertz CT molecular complexity index is 962. The molecule has 2 aliphatic rings. The van der Waals surface area contributed by atoms with Gasteiger partial charge in [0.25, 0.3) is 15.9 Å². The first-order valence-corrected chi connectivity index (χ1v) is 11.0. The molecule has 0 aromatic heterocycles. The number of hydrogen-bond donors (Lipinski definition) is 2. The number of hydrogen-bond acceptors (Lipinski definition) is 3. The normalized spacial score (nSPS) is 24.0. The Morgan fingerprint density at radius 3 is 2.48 bits per heavy atom. The molecule has 27 heavy (non-hydrogen) atoms. The summed E-state index contributed by atoms with van der Waals surface area (Å²) in [4.78, 5) is 12.6. The maximum atomic E-state index is 12.7. The van der Waals surface area contributed by atoms with Crippen LogP contribution in [0.15, 0.2) is 53.4 Å². The predicted octanol–water partition coefficient (Wildman–Crippen LogP) is 4.06. The van der Waals surface area contributed by atoms with Gasteiger partial charge in [-0.15, -0.1) is 0 Å². The smallest absolute Gasteiger partial charge is 0.263 e. The Kier molecular flexibility index (Phi) is 4.86. The van der Waals surface area contributed by atoms with Crippen molar-refractivity contribution in [3.63, 3.8) is 0 Å². The Morgan fingerprint density at radius 2 is 1.81 bits per heavy atom. The number of halogens is 1. The second-order valence-corrected chi connectivity index (χ2v) is 9.43. The highest BCUT2D eigenvalue weighted by molar-refractivity contribution is 7.92. The van der Waals surface area contributed by atoms with Crippen molar-refractivity contribution in [2.45, 2.75) is 36.6 Å². The number of benzene rings is 2. The molecule has 2 fully saturated rings. The van der Waals surface area contributed by atoms with E-state index in [1.165, 1.54) is 25.0 Å². The van der Waals surface area contributed by atoms with Gasteiger partial charge in [0.1, 0.15) is 4.90 Å². The molecular weight excluding hydrogens is 384 g/mol. The van der Waals surface area contributed by atoms with Crippen LogP contribution in [-0.4, -0.2) is 20.4 Å². The fourth-order valence-electron chi connectivity index (χ4n) is 4.24. The molecule has 0 saturated heterocycles. The van der Waals surface area contributed by atoms with Crippen LogP contribution in [0.1, 0.15) is 36.0 Å². The zero-order valence-corrected chi connectivity index (χ0v) is 16.3. The molecule has 1 amide bonds. The van der Waals surface area contributed by atoms with Crippen LogP contribution in [0.25, 0.3) is 0 Å². The number of anilines is 1. The molecule has 2 aromatic carbocycles. The highest BCUT2D eigenvalue weighted by Gasteiger charge is 2.40. The summed E-state index contributed by atoms with van der Waals surface area (Å²) in [5, 5.41) is 3.16. The standard InChI is InChI=1S/C20H21ClN2O3S/c21-17-9-8-15(20(24)22-18-11-13-6-7-14(18)10-13)12-19(17)27(25,26)23-16-4-2-1-3-5-16/h1-5,8-9,12-14,18,23H,6-7,10-11H2,(H,22,24). The van der Waals surface area contributed by atoms with Crippen LogP contribution < -0.4 is 10.0 Å². The van der Waals surface area contributed by atoms with Crippen molar-refractivity contribution in [1.29, 1.82) is 0 Å². The summed E-state index contributed by atoms with van der Waals surface area (Å²) in [5.74, 6) is 1.02. The van der Waals surface area contributed by atoms with Crippen molar-refractivity contribution < 1.29 is 13.2 Å².